The van der Waals surface area contributed by atoms with Crippen LogP contribution in [-0.2, 0) is 6.42 Å². The first-order valence-electron chi connectivity index (χ1n) is 3.43. The molecule has 11 heavy (non-hydrogen) atoms. The fourth-order valence-corrected chi connectivity index (χ4v) is 1.07. The normalized spacial score (nSPS) is 13.0. The number of halogens is 2. The standard InChI is InChI=1S/C8H9ClFN/c1-6(10)5-7-3-2-4-11-8(7)9/h2-4,6H,5H2,1H3. The second-order valence-corrected chi connectivity index (χ2v) is 2.80. The van der Waals surface area contributed by atoms with Crippen LogP contribution in [0.3, 0.4) is 0 Å². The lowest BCUT2D eigenvalue weighted by Gasteiger charge is -2.02. The summed E-state index contributed by atoms with van der Waals surface area (Å²) in [6.45, 7) is 1.50. The van der Waals surface area contributed by atoms with Gasteiger partial charge in [-0.15, -0.1) is 0 Å². The van der Waals surface area contributed by atoms with Crippen LogP contribution in [0.4, 0.5) is 4.39 Å². The van der Waals surface area contributed by atoms with Gasteiger partial charge >= 0.3 is 0 Å². The summed E-state index contributed by atoms with van der Waals surface area (Å²) in [7, 11) is 0. The summed E-state index contributed by atoms with van der Waals surface area (Å²) >= 11 is 5.69. The van der Waals surface area contributed by atoms with Crippen molar-refractivity contribution in [2.45, 2.75) is 19.5 Å². The molecule has 0 bridgehead atoms. The molecule has 0 aliphatic rings. The molecule has 0 N–H and O–H groups in total. The molecule has 1 aromatic heterocycles. The van der Waals surface area contributed by atoms with Gasteiger partial charge in [0.1, 0.15) is 11.3 Å². The Morgan fingerprint density at radius 3 is 3.00 bits per heavy atom. The molecule has 0 saturated heterocycles. The van der Waals surface area contributed by atoms with E-state index in [0.717, 1.165) is 5.56 Å². The zero-order valence-corrected chi connectivity index (χ0v) is 6.98. The first-order chi connectivity index (χ1) is 5.20. The molecular weight excluding hydrogens is 165 g/mol. The third kappa shape index (κ3) is 2.46. The summed E-state index contributed by atoms with van der Waals surface area (Å²) in [5, 5.41) is 0.400. The van der Waals surface area contributed by atoms with E-state index < -0.39 is 6.17 Å². The van der Waals surface area contributed by atoms with Gasteiger partial charge < -0.3 is 0 Å². The van der Waals surface area contributed by atoms with Crippen LogP contribution in [0.2, 0.25) is 5.15 Å². The molecule has 0 aromatic carbocycles. The maximum atomic E-state index is 12.5. The van der Waals surface area contributed by atoms with Crippen molar-refractivity contribution in [2.75, 3.05) is 0 Å². The highest BCUT2D eigenvalue weighted by Gasteiger charge is 2.04. The Labute approximate surface area is 70.2 Å². The van der Waals surface area contributed by atoms with E-state index in [2.05, 4.69) is 4.98 Å². The Kier molecular flexibility index (Phi) is 2.83. The number of hydrogen-bond acceptors (Lipinski definition) is 1. The van der Waals surface area contributed by atoms with Gasteiger partial charge in [0.15, 0.2) is 0 Å². The summed E-state index contributed by atoms with van der Waals surface area (Å²) in [6, 6.07) is 3.54. The third-order valence-electron chi connectivity index (χ3n) is 1.34. The minimum absolute atomic E-state index is 0.340. The number of hydrogen-bond donors (Lipinski definition) is 0. The van der Waals surface area contributed by atoms with Crippen LogP contribution in [0.1, 0.15) is 12.5 Å². The number of alkyl halides is 1. The predicted octanol–water partition coefficient (Wildman–Crippen LogP) is 2.64. The largest absolute Gasteiger partial charge is 0.247 e. The first-order valence-corrected chi connectivity index (χ1v) is 3.81. The second-order valence-electron chi connectivity index (χ2n) is 2.44. The van der Waals surface area contributed by atoms with Crippen LogP contribution in [0.15, 0.2) is 18.3 Å². The second kappa shape index (κ2) is 3.67. The van der Waals surface area contributed by atoms with E-state index in [9.17, 15) is 4.39 Å². The van der Waals surface area contributed by atoms with Crippen LogP contribution in [0, 0.1) is 0 Å². The van der Waals surface area contributed by atoms with Gasteiger partial charge in [-0.2, -0.15) is 0 Å². The number of pyridine rings is 1. The average molecular weight is 174 g/mol. The predicted molar refractivity (Wildman–Crippen MR) is 43.5 cm³/mol. The highest BCUT2D eigenvalue weighted by Crippen LogP contribution is 2.14. The van der Waals surface area contributed by atoms with E-state index in [1.165, 1.54) is 6.92 Å². The van der Waals surface area contributed by atoms with Gasteiger partial charge in [-0.25, -0.2) is 9.37 Å². The minimum atomic E-state index is -0.864. The Balaban J connectivity index is 2.78. The fraction of sp³-hybridized carbons (Fsp3) is 0.375. The van der Waals surface area contributed by atoms with Gasteiger partial charge in [0.05, 0.1) is 0 Å². The maximum absolute atomic E-state index is 12.5. The van der Waals surface area contributed by atoms with Gasteiger partial charge in [0.2, 0.25) is 0 Å². The minimum Gasteiger partial charge on any atom is -0.247 e. The van der Waals surface area contributed by atoms with E-state index in [0.29, 0.717) is 11.6 Å². The lowest BCUT2D eigenvalue weighted by atomic mass is 10.1. The monoisotopic (exact) mass is 173 g/mol. The van der Waals surface area contributed by atoms with Crippen molar-refractivity contribution in [3.63, 3.8) is 0 Å². The first kappa shape index (κ1) is 8.47. The van der Waals surface area contributed by atoms with E-state index in [1.54, 1.807) is 18.3 Å². The zero-order valence-electron chi connectivity index (χ0n) is 6.22. The molecule has 0 spiro atoms. The highest BCUT2D eigenvalue weighted by molar-refractivity contribution is 6.30. The Morgan fingerprint density at radius 2 is 2.45 bits per heavy atom. The van der Waals surface area contributed by atoms with Gasteiger partial charge in [-0.3, -0.25) is 0 Å². The van der Waals surface area contributed by atoms with Gasteiger partial charge in [0.25, 0.3) is 0 Å². The molecular formula is C8H9ClFN. The molecule has 0 fully saturated rings. The van der Waals surface area contributed by atoms with Crippen molar-refractivity contribution < 1.29 is 4.39 Å². The SMILES string of the molecule is CC(F)Cc1cccnc1Cl. The molecule has 60 valence electrons. The lowest BCUT2D eigenvalue weighted by molar-refractivity contribution is 0.360. The average Bonchev–Trinajstić information content (AvgIpc) is 1.93. The molecule has 1 rings (SSSR count). The Hall–Kier alpha value is -0.630. The van der Waals surface area contributed by atoms with Crippen molar-refractivity contribution in [3.8, 4) is 0 Å². The molecule has 1 nitrogen and oxygen atoms in total. The number of nitrogens with zero attached hydrogens (tertiary/aromatic N) is 1. The molecule has 0 saturated carbocycles. The lowest BCUT2D eigenvalue weighted by Crippen LogP contribution is -1.99. The van der Waals surface area contributed by atoms with Crippen molar-refractivity contribution in [3.05, 3.63) is 29.0 Å². The molecule has 1 heterocycles. The molecule has 3 heteroatoms. The van der Waals surface area contributed by atoms with E-state index in [-0.39, 0.29) is 0 Å². The van der Waals surface area contributed by atoms with Crippen LogP contribution in [-0.4, -0.2) is 11.2 Å². The van der Waals surface area contributed by atoms with Gasteiger partial charge in [-0.05, 0) is 18.6 Å². The van der Waals surface area contributed by atoms with Crippen LogP contribution in [0.5, 0.6) is 0 Å². The van der Waals surface area contributed by atoms with Crippen molar-refractivity contribution >= 4 is 11.6 Å². The summed E-state index contributed by atoms with van der Waals surface area (Å²) in [5.74, 6) is 0. The van der Waals surface area contributed by atoms with Crippen LogP contribution in [0.25, 0.3) is 0 Å². The molecule has 0 aliphatic heterocycles. The molecule has 0 amide bonds. The Bertz CT molecular complexity index is 237. The molecule has 0 radical (unpaired) electrons. The summed E-state index contributed by atoms with van der Waals surface area (Å²) in [4.78, 5) is 3.83. The Morgan fingerprint density at radius 1 is 1.73 bits per heavy atom. The maximum Gasteiger partial charge on any atom is 0.132 e. The van der Waals surface area contributed by atoms with Crippen molar-refractivity contribution in [1.82, 2.24) is 4.98 Å². The summed E-state index contributed by atoms with van der Waals surface area (Å²) in [5.41, 5.74) is 0.768. The highest BCUT2D eigenvalue weighted by atomic mass is 35.5. The topological polar surface area (TPSA) is 12.9 Å². The molecule has 1 atom stereocenters. The molecule has 1 unspecified atom stereocenters. The molecule has 0 aliphatic carbocycles. The van der Waals surface area contributed by atoms with Crippen LogP contribution < -0.4 is 0 Å². The third-order valence-corrected chi connectivity index (χ3v) is 1.68. The van der Waals surface area contributed by atoms with E-state index >= 15 is 0 Å². The van der Waals surface area contributed by atoms with E-state index in [4.69, 9.17) is 11.6 Å². The van der Waals surface area contributed by atoms with Crippen molar-refractivity contribution in [2.24, 2.45) is 0 Å². The number of rotatable bonds is 2. The van der Waals surface area contributed by atoms with E-state index in [1.807, 2.05) is 0 Å². The summed E-state index contributed by atoms with van der Waals surface area (Å²) < 4.78 is 12.5. The van der Waals surface area contributed by atoms with Crippen LogP contribution >= 0.6 is 11.6 Å². The smallest absolute Gasteiger partial charge is 0.132 e. The summed E-state index contributed by atoms with van der Waals surface area (Å²) in [6.07, 6.45) is 1.07. The van der Waals surface area contributed by atoms with Gasteiger partial charge in [-0.1, -0.05) is 17.7 Å². The zero-order chi connectivity index (χ0) is 8.27. The van der Waals surface area contributed by atoms with Crippen molar-refractivity contribution in [1.29, 1.82) is 0 Å². The molecule has 1 aromatic rings. The fourth-order valence-electron chi connectivity index (χ4n) is 0.875. The van der Waals surface area contributed by atoms with Gasteiger partial charge in [0, 0.05) is 12.6 Å². The number of aromatic nitrogens is 1. The quantitative estimate of drug-likeness (QED) is 0.627.